The molecule has 1 saturated carbocycles. The first-order chi connectivity index (χ1) is 4.75. The van der Waals surface area contributed by atoms with Gasteiger partial charge in [-0.1, -0.05) is 0 Å². The first-order valence-electron chi connectivity index (χ1n) is 3.15. The van der Waals surface area contributed by atoms with E-state index in [1.807, 2.05) is 0 Å². The molecule has 1 aliphatic carbocycles. The fraction of sp³-hybridized carbons (Fsp3) is 0.667. The molecule has 0 unspecified atom stereocenters. The molecule has 0 aromatic carbocycles. The molecule has 0 radical (unpaired) electrons. The summed E-state index contributed by atoms with van der Waals surface area (Å²) in [6.07, 6.45) is 1.32. The lowest BCUT2D eigenvalue weighted by Crippen LogP contribution is -2.31. The van der Waals surface area contributed by atoms with Crippen molar-refractivity contribution in [3.63, 3.8) is 0 Å². The Hall–Kier alpha value is -1.06. The van der Waals surface area contributed by atoms with E-state index in [0.29, 0.717) is 19.3 Å². The highest BCUT2D eigenvalue weighted by molar-refractivity contribution is 6.08. The van der Waals surface area contributed by atoms with Crippen LogP contribution in [0.3, 0.4) is 0 Å². The maximum atomic E-state index is 10.8. The van der Waals surface area contributed by atoms with E-state index in [1.165, 1.54) is 0 Å². The van der Waals surface area contributed by atoms with Crippen LogP contribution in [0, 0.1) is 0 Å². The lowest BCUT2D eigenvalue weighted by Gasteiger charge is -2.16. The van der Waals surface area contributed by atoms with E-state index in [1.54, 1.807) is 0 Å². The van der Waals surface area contributed by atoms with Gasteiger partial charge in [-0.2, -0.15) is 0 Å². The quantitative estimate of drug-likeness (QED) is 0.396. The number of nitrogens with zero attached hydrogens (tertiary/aromatic N) is 2. The van der Waals surface area contributed by atoms with Gasteiger partial charge in [0.25, 0.3) is 0 Å². The molecule has 54 valence electrons. The molecule has 10 heavy (non-hydrogen) atoms. The van der Waals surface area contributed by atoms with Crippen molar-refractivity contribution >= 4 is 11.6 Å². The van der Waals surface area contributed by atoms with Gasteiger partial charge >= 0.3 is 0 Å². The van der Waals surface area contributed by atoms with Crippen molar-refractivity contribution in [1.82, 2.24) is 0 Å². The van der Waals surface area contributed by atoms with E-state index in [0.717, 1.165) is 0 Å². The second kappa shape index (κ2) is 2.68. The molecular formula is C6H7N2O2-. The average molecular weight is 139 g/mol. The Labute approximate surface area is 58.1 Å². The molecule has 1 fully saturated rings. The Balaban J connectivity index is 2.71. The minimum atomic E-state index is -1.08. The zero-order chi connectivity index (χ0) is 7.56. The summed E-state index contributed by atoms with van der Waals surface area (Å²) in [5, 5.41) is 2.71. The van der Waals surface area contributed by atoms with Crippen molar-refractivity contribution in [2.45, 2.75) is 25.3 Å². The van der Waals surface area contributed by atoms with E-state index < -0.39 is 6.04 Å². The fourth-order valence-electron chi connectivity index (χ4n) is 1.02. The lowest BCUT2D eigenvalue weighted by atomic mass is 9.94. The Kier molecular flexibility index (Phi) is 1.89. The van der Waals surface area contributed by atoms with Crippen molar-refractivity contribution in [3.8, 4) is 0 Å². The molecule has 0 saturated heterocycles. The second-order valence-corrected chi connectivity index (χ2v) is 2.30. The summed E-state index contributed by atoms with van der Waals surface area (Å²) in [5.41, 5.74) is 8.22. The van der Waals surface area contributed by atoms with Crippen LogP contribution in [0.4, 0.5) is 0 Å². The van der Waals surface area contributed by atoms with E-state index in [-0.39, 0.29) is 11.6 Å². The molecule has 0 atom stereocenters. The number of ketones is 2. The van der Waals surface area contributed by atoms with Gasteiger partial charge in [-0.15, -0.1) is 0 Å². The van der Waals surface area contributed by atoms with E-state index >= 15 is 0 Å². The normalized spacial score (nSPS) is 21.2. The van der Waals surface area contributed by atoms with Crippen LogP contribution in [0.15, 0.2) is 5.11 Å². The van der Waals surface area contributed by atoms with Gasteiger partial charge in [-0.05, 0) is 6.42 Å². The zero-order valence-electron chi connectivity index (χ0n) is 5.41. The van der Waals surface area contributed by atoms with Crippen molar-refractivity contribution in [2.75, 3.05) is 0 Å². The summed E-state index contributed by atoms with van der Waals surface area (Å²) in [4.78, 5) is 21.5. The monoisotopic (exact) mass is 139 g/mol. The highest BCUT2D eigenvalue weighted by Crippen LogP contribution is 2.13. The standard InChI is InChI=1S/C6H7N2O2/c7-8-6-4(9)2-1-3-5(6)10/h6H,1-3H2/q-1. The van der Waals surface area contributed by atoms with Gasteiger partial charge in [0.1, 0.15) is 6.04 Å². The number of Topliss-reactive ketones (excluding diaryl/α,β-unsaturated/α-hetero) is 2. The van der Waals surface area contributed by atoms with Crippen LogP contribution in [0.2, 0.25) is 0 Å². The van der Waals surface area contributed by atoms with Crippen LogP contribution in [0.5, 0.6) is 0 Å². The number of rotatable bonds is 1. The van der Waals surface area contributed by atoms with Crippen LogP contribution in [-0.4, -0.2) is 17.6 Å². The first-order valence-corrected chi connectivity index (χ1v) is 3.15. The minimum absolute atomic E-state index is 0.265. The maximum Gasteiger partial charge on any atom is 0.162 e. The van der Waals surface area contributed by atoms with Gasteiger partial charge in [0.05, 0.1) is 0 Å². The van der Waals surface area contributed by atoms with Gasteiger partial charge in [0, 0.05) is 12.8 Å². The molecule has 0 N–H and O–H groups in total. The number of carbonyl (C=O) groups is 2. The average Bonchev–Trinajstić information content (AvgIpc) is 1.88. The maximum absolute atomic E-state index is 10.8. The Morgan fingerprint density at radius 3 is 2.10 bits per heavy atom. The smallest absolute Gasteiger partial charge is 0.162 e. The minimum Gasteiger partial charge on any atom is -0.711 e. The highest BCUT2D eigenvalue weighted by atomic mass is 16.2. The van der Waals surface area contributed by atoms with Crippen molar-refractivity contribution in [2.24, 2.45) is 5.11 Å². The fourth-order valence-corrected chi connectivity index (χ4v) is 1.02. The van der Waals surface area contributed by atoms with Gasteiger partial charge < -0.3 is 10.6 Å². The summed E-state index contributed by atoms with van der Waals surface area (Å²) >= 11 is 0. The van der Waals surface area contributed by atoms with Crippen molar-refractivity contribution in [3.05, 3.63) is 5.53 Å². The summed E-state index contributed by atoms with van der Waals surface area (Å²) in [5.74, 6) is -0.530. The van der Waals surface area contributed by atoms with Gasteiger partial charge in [-0.3, -0.25) is 9.59 Å². The molecule has 0 bridgehead atoms. The van der Waals surface area contributed by atoms with Crippen molar-refractivity contribution in [1.29, 1.82) is 0 Å². The number of hydrogen-bond donors (Lipinski definition) is 0. The Morgan fingerprint density at radius 2 is 1.80 bits per heavy atom. The molecule has 0 aromatic heterocycles. The van der Waals surface area contributed by atoms with Gasteiger partial charge in [-0.25, -0.2) is 0 Å². The van der Waals surface area contributed by atoms with Crippen LogP contribution in [0.25, 0.3) is 5.53 Å². The van der Waals surface area contributed by atoms with Crippen LogP contribution < -0.4 is 0 Å². The first kappa shape index (κ1) is 7.05. The van der Waals surface area contributed by atoms with E-state index in [2.05, 4.69) is 5.11 Å². The molecule has 1 rings (SSSR count). The summed E-state index contributed by atoms with van der Waals surface area (Å²) in [6, 6.07) is -1.08. The van der Waals surface area contributed by atoms with Crippen LogP contribution in [-0.2, 0) is 9.59 Å². The Morgan fingerprint density at radius 1 is 1.30 bits per heavy atom. The Bertz CT molecular complexity index is 172. The molecule has 0 amide bonds. The van der Waals surface area contributed by atoms with E-state index in [4.69, 9.17) is 5.53 Å². The third-order valence-corrected chi connectivity index (χ3v) is 1.57. The summed E-state index contributed by atoms with van der Waals surface area (Å²) in [7, 11) is 0. The predicted molar refractivity (Wildman–Crippen MR) is 33.4 cm³/mol. The van der Waals surface area contributed by atoms with Crippen molar-refractivity contribution < 1.29 is 9.59 Å². The van der Waals surface area contributed by atoms with Crippen LogP contribution >= 0.6 is 0 Å². The third-order valence-electron chi connectivity index (χ3n) is 1.57. The summed E-state index contributed by atoms with van der Waals surface area (Å²) in [6.45, 7) is 0. The van der Waals surface area contributed by atoms with Gasteiger partial charge in [0.15, 0.2) is 11.6 Å². The number of carbonyl (C=O) groups excluding carboxylic acids is 2. The topological polar surface area (TPSA) is 68.8 Å². The molecule has 1 aliphatic rings. The SMILES string of the molecule is [N-]=NC1C(=O)CCCC1=O. The largest absolute Gasteiger partial charge is 0.711 e. The van der Waals surface area contributed by atoms with Gasteiger partial charge in [0.2, 0.25) is 0 Å². The molecular weight excluding hydrogens is 132 g/mol. The molecule has 0 spiro atoms. The second-order valence-electron chi connectivity index (χ2n) is 2.30. The summed E-state index contributed by atoms with van der Waals surface area (Å²) < 4.78 is 0. The van der Waals surface area contributed by atoms with E-state index in [9.17, 15) is 9.59 Å². The zero-order valence-corrected chi connectivity index (χ0v) is 5.41. The molecule has 4 heteroatoms. The molecule has 0 heterocycles. The molecule has 0 aliphatic heterocycles. The lowest BCUT2D eigenvalue weighted by molar-refractivity contribution is -0.131. The highest BCUT2D eigenvalue weighted by Gasteiger charge is 2.26. The molecule has 4 nitrogen and oxygen atoms in total. The number of hydrogen-bond acceptors (Lipinski definition) is 3. The predicted octanol–water partition coefficient (Wildman–Crippen LogP) is 0.699. The van der Waals surface area contributed by atoms with Crippen LogP contribution in [0.1, 0.15) is 19.3 Å². The third kappa shape index (κ3) is 1.10. The molecule has 0 aromatic rings.